The SMILES string of the molecule is O=C(NF)c1ccc(-c2nn[nH]n2)cc1. The molecule has 2 aromatic rings. The fourth-order valence-electron chi connectivity index (χ4n) is 1.11. The third-order valence-electron chi connectivity index (χ3n) is 1.84. The van der Waals surface area contributed by atoms with Crippen molar-refractivity contribution in [1.29, 1.82) is 0 Å². The molecule has 15 heavy (non-hydrogen) atoms. The van der Waals surface area contributed by atoms with Gasteiger partial charge in [-0.2, -0.15) is 10.8 Å². The van der Waals surface area contributed by atoms with Crippen LogP contribution in [0.25, 0.3) is 11.4 Å². The highest BCUT2D eigenvalue weighted by atomic mass is 19.2. The van der Waals surface area contributed by atoms with Crippen LogP contribution in [0.4, 0.5) is 4.48 Å². The van der Waals surface area contributed by atoms with Gasteiger partial charge < -0.3 is 0 Å². The molecule has 1 aromatic heterocycles. The second kappa shape index (κ2) is 3.82. The molecule has 7 heteroatoms. The van der Waals surface area contributed by atoms with E-state index in [4.69, 9.17) is 0 Å². The Morgan fingerprint density at radius 1 is 1.33 bits per heavy atom. The molecule has 2 rings (SSSR count). The Balaban J connectivity index is 2.29. The summed E-state index contributed by atoms with van der Waals surface area (Å²) in [5.74, 6) is -0.364. The molecule has 6 nitrogen and oxygen atoms in total. The largest absolute Gasteiger partial charge is 0.278 e. The number of nitrogens with zero attached hydrogens (tertiary/aromatic N) is 3. The average molecular weight is 207 g/mol. The molecule has 76 valence electrons. The van der Waals surface area contributed by atoms with Crippen molar-refractivity contribution < 1.29 is 9.28 Å². The minimum absolute atomic E-state index is 0.227. The van der Waals surface area contributed by atoms with Crippen LogP contribution in [0.3, 0.4) is 0 Å². The van der Waals surface area contributed by atoms with E-state index >= 15 is 0 Å². The summed E-state index contributed by atoms with van der Waals surface area (Å²) in [5.41, 5.74) is 1.97. The summed E-state index contributed by atoms with van der Waals surface area (Å²) < 4.78 is 11.8. The van der Waals surface area contributed by atoms with Gasteiger partial charge in [-0.05, 0) is 17.3 Å². The van der Waals surface area contributed by atoms with Gasteiger partial charge in [0.1, 0.15) is 0 Å². The van der Waals surface area contributed by atoms with E-state index in [1.54, 1.807) is 12.1 Å². The van der Waals surface area contributed by atoms with Gasteiger partial charge in [0.2, 0.25) is 5.82 Å². The Morgan fingerprint density at radius 2 is 2.07 bits per heavy atom. The van der Waals surface area contributed by atoms with Crippen molar-refractivity contribution in [3.63, 3.8) is 0 Å². The van der Waals surface area contributed by atoms with Crippen LogP contribution in [0, 0.1) is 0 Å². The number of carbonyl (C=O) groups is 1. The Bertz CT molecular complexity index is 452. The lowest BCUT2D eigenvalue weighted by Gasteiger charge is -1.97. The smallest absolute Gasteiger partial charge is 0.267 e. The van der Waals surface area contributed by atoms with Gasteiger partial charge in [-0.25, -0.2) is 0 Å². The van der Waals surface area contributed by atoms with Crippen molar-refractivity contribution in [3.8, 4) is 11.4 Å². The standard InChI is InChI=1S/C8H6FN5O/c9-10-8(15)6-3-1-5(2-4-6)7-11-13-14-12-7/h1-4H,(H,10,15)(H,11,12,13,14). The van der Waals surface area contributed by atoms with E-state index in [9.17, 15) is 9.28 Å². The molecule has 2 N–H and O–H groups in total. The van der Waals surface area contributed by atoms with Gasteiger partial charge in [-0.3, -0.25) is 4.79 Å². The fourth-order valence-corrected chi connectivity index (χ4v) is 1.11. The quantitative estimate of drug-likeness (QED) is 0.701. The Kier molecular flexibility index (Phi) is 2.36. The number of halogens is 1. The molecule has 0 saturated carbocycles. The number of H-pyrrole nitrogens is 1. The van der Waals surface area contributed by atoms with Crippen molar-refractivity contribution in [1.82, 2.24) is 26.2 Å². The molecule has 0 aliphatic rings. The molecule has 0 saturated heterocycles. The molecule has 0 spiro atoms. The molecule has 1 amide bonds. The molecule has 0 aliphatic carbocycles. The maximum Gasteiger partial charge on any atom is 0.278 e. The van der Waals surface area contributed by atoms with E-state index in [0.29, 0.717) is 11.4 Å². The van der Waals surface area contributed by atoms with E-state index < -0.39 is 5.91 Å². The number of amides is 1. The predicted molar refractivity (Wildman–Crippen MR) is 48.2 cm³/mol. The lowest BCUT2D eigenvalue weighted by Crippen LogP contribution is -2.13. The summed E-state index contributed by atoms with van der Waals surface area (Å²) in [6.07, 6.45) is 0. The molecular formula is C8H6FN5O. The molecule has 0 bridgehead atoms. The van der Waals surface area contributed by atoms with Crippen molar-refractivity contribution in [2.24, 2.45) is 0 Å². The van der Waals surface area contributed by atoms with E-state index in [1.807, 2.05) is 0 Å². The van der Waals surface area contributed by atoms with Gasteiger partial charge in [-0.15, -0.1) is 10.2 Å². The average Bonchev–Trinajstić information content (AvgIpc) is 2.82. The van der Waals surface area contributed by atoms with Gasteiger partial charge in [0, 0.05) is 11.1 Å². The van der Waals surface area contributed by atoms with Crippen LogP contribution in [0.2, 0.25) is 0 Å². The minimum atomic E-state index is -0.783. The fraction of sp³-hybridized carbons (Fsp3) is 0. The summed E-state index contributed by atoms with van der Waals surface area (Å²) in [7, 11) is 0. The topological polar surface area (TPSA) is 83.6 Å². The van der Waals surface area contributed by atoms with E-state index in [2.05, 4.69) is 20.6 Å². The first-order valence-electron chi connectivity index (χ1n) is 4.06. The van der Waals surface area contributed by atoms with Crippen LogP contribution >= 0.6 is 0 Å². The molecular weight excluding hydrogens is 201 g/mol. The number of benzene rings is 1. The van der Waals surface area contributed by atoms with Crippen LogP contribution < -0.4 is 5.54 Å². The third-order valence-corrected chi connectivity index (χ3v) is 1.84. The Labute approximate surface area is 83.4 Å². The van der Waals surface area contributed by atoms with E-state index in [1.165, 1.54) is 12.1 Å². The van der Waals surface area contributed by atoms with E-state index in [-0.39, 0.29) is 5.56 Å². The molecule has 0 fully saturated rings. The first-order chi connectivity index (χ1) is 7.31. The number of aromatic nitrogens is 4. The van der Waals surface area contributed by atoms with Crippen LogP contribution in [-0.2, 0) is 0 Å². The number of hydrogen-bond acceptors (Lipinski definition) is 4. The van der Waals surface area contributed by atoms with Gasteiger partial charge >= 0.3 is 0 Å². The second-order valence-electron chi connectivity index (χ2n) is 2.74. The van der Waals surface area contributed by atoms with Gasteiger partial charge in [-0.1, -0.05) is 16.6 Å². The highest BCUT2D eigenvalue weighted by Crippen LogP contribution is 2.13. The zero-order valence-electron chi connectivity index (χ0n) is 7.44. The third kappa shape index (κ3) is 1.80. The Hall–Kier alpha value is -2.31. The first kappa shape index (κ1) is 9.25. The molecule has 1 aromatic carbocycles. The Morgan fingerprint density at radius 3 is 2.60 bits per heavy atom. The number of rotatable bonds is 2. The second-order valence-corrected chi connectivity index (χ2v) is 2.74. The number of tetrazole rings is 1. The zero-order chi connectivity index (χ0) is 10.7. The monoisotopic (exact) mass is 207 g/mol. The maximum atomic E-state index is 11.8. The number of nitrogens with one attached hydrogen (secondary N) is 2. The van der Waals surface area contributed by atoms with Crippen molar-refractivity contribution >= 4 is 5.91 Å². The highest BCUT2D eigenvalue weighted by molar-refractivity contribution is 5.93. The number of aromatic amines is 1. The van der Waals surface area contributed by atoms with Crippen molar-refractivity contribution in [3.05, 3.63) is 29.8 Å². The van der Waals surface area contributed by atoms with Crippen molar-refractivity contribution in [2.75, 3.05) is 0 Å². The summed E-state index contributed by atoms with van der Waals surface area (Å²) >= 11 is 0. The van der Waals surface area contributed by atoms with Crippen molar-refractivity contribution in [2.45, 2.75) is 0 Å². The molecule has 0 unspecified atom stereocenters. The first-order valence-corrected chi connectivity index (χ1v) is 4.06. The normalized spacial score (nSPS) is 9.93. The lowest BCUT2D eigenvalue weighted by atomic mass is 10.1. The molecule has 0 atom stereocenters. The zero-order valence-corrected chi connectivity index (χ0v) is 7.44. The van der Waals surface area contributed by atoms with Gasteiger partial charge in [0.25, 0.3) is 5.91 Å². The summed E-state index contributed by atoms with van der Waals surface area (Å²) in [6.45, 7) is 0. The maximum absolute atomic E-state index is 11.8. The summed E-state index contributed by atoms with van der Waals surface area (Å²) in [4.78, 5) is 10.9. The highest BCUT2D eigenvalue weighted by Gasteiger charge is 2.06. The summed E-state index contributed by atoms with van der Waals surface area (Å²) in [5, 5.41) is 13.2. The van der Waals surface area contributed by atoms with E-state index in [0.717, 1.165) is 5.54 Å². The van der Waals surface area contributed by atoms with Gasteiger partial charge in [0.05, 0.1) is 0 Å². The molecule has 1 heterocycles. The summed E-state index contributed by atoms with van der Waals surface area (Å²) in [6, 6.07) is 6.16. The van der Waals surface area contributed by atoms with Gasteiger partial charge in [0.15, 0.2) is 0 Å². The minimum Gasteiger partial charge on any atom is -0.267 e. The molecule has 0 radical (unpaired) electrons. The van der Waals surface area contributed by atoms with Crippen LogP contribution in [0.15, 0.2) is 24.3 Å². The van der Waals surface area contributed by atoms with Crippen LogP contribution in [0.5, 0.6) is 0 Å². The molecule has 0 aliphatic heterocycles. The predicted octanol–water partition coefficient (Wildman–Crippen LogP) is 0.481. The van der Waals surface area contributed by atoms with Crippen LogP contribution in [0.1, 0.15) is 10.4 Å². The lowest BCUT2D eigenvalue weighted by molar-refractivity contribution is 0.0859. The number of carbonyl (C=O) groups excluding carboxylic acids is 1. The van der Waals surface area contributed by atoms with Crippen LogP contribution in [-0.4, -0.2) is 26.5 Å². The number of hydrogen-bond donors (Lipinski definition) is 2.